The zero-order valence-corrected chi connectivity index (χ0v) is 13.6. The van der Waals surface area contributed by atoms with E-state index in [1.807, 2.05) is 31.2 Å². The van der Waals surface area contributed by atoms with Crippen molar-refractivity contribution in [2.75, 3.05) is 5.32 Å². The molecule has 3 heteroatoms. The van der Waals surface area contributed by atoms with Crippen LogP contribution in [0, 0.1) is 6.92 Å². The Hall–Kier alpha value is -2.55. The van der Waals surface area contributed by atoms with Crippen LogP contribution < -0.4 is 10.9 Å². The molecule has 0 saturated carbocycles. The maximum Gasteiger partial charge on any atom is 0.336 e. The van der Waals surface area contributed by atoms with Crippen LogP contribution in [0.2, 0.25) is 0 Å². The van der Waals surface area contributed by atoms with Crippen molar-refractivity contribution in [1.29, 1.82) is 0 Å². The summed E-state index contributed by atoms with van der Waals surface area (Å²) in [7, 11) is 0. The van der Waals surface area contributed by atoms with E-state index in [1.54, 1.807) is 6.07 Å². The number of aryl methyl sites for hydroxylation is 2. The van der Waals surface area contributed by atoms with Gasteiger partial charge in [-0.2, -0.15) is 0 Å². The lowest BCUT2D eigenvalue weighted by Gasteiger charge is -2.12. The normalized spacial score (nSPS) is 10.9. The van der Waals surface area contributed by atoms with Crippen LogP contribution in [0.4, 0.5) is 5.69 Å². The van der Waals surface area contributed by atoms with Gasteiger partial charge in [0.15, 0.2) is 0 Å². The molecule has 1 N–H and O–H groups in total. The Bertz CT molecular complexity index is 880. The summed E-state index contributed by atoms with van der Waals surface area (Å²) in [4.78, 5) is 11.8. The standard InChI is InChI=1S/C20H21NO2/c1-3-6-15-7-4-5-8-18(15)21-13-16-12-20(22)23-19-11-14(2)9-10-17(16)19/h4-5,7-12,21H,3,6,13H2,1-2H3. The van der Waals surface area contributed by atoms with Crippen molar-refractivity contribution in [2.24, 2.45) is 0 Å². The second kappa shape index (κ2) is 6.69. The first-order chi connectivity index (χ1) is 11.2. The van der Waals surface area contributed by atoms with Gasteiger partial charge in [0.25, 0.3) is 0 Å². The average Bonchev–Trinajstić information content (AvgIpc) is 2.53. The van der Waals surface area contributed by atoms with Crippen LogP contribution in [-0.2, 0) is 13.0 Å². The van der Waals surface area contributed by atoms with Gasteiger partial charge in [0, 0.05) is 23.7 Å². The van der Waals surface area contributed by atoms with E-state index in [1.165, 1.54) is 5.56 Å². The largest absolute Gasteiger partial charge is 0.423 e. The molecule has 2 aromatic carbocycles. The highest BCUT2D eigenvalue weighted by Gasteiger charge is 2.07. The van der Waals surface area contributed by atoms with Gasteiger partial charge in [0.2, 0.25) is 0 Å². The van der Waals surface area contributed by atoms with E-state index in [0.29, 0.717) is 12.1 Å². The third-order valence-electron chi connectivity index (χ3n) is 3.99. The summed E-state index contributed by atoms with van der Waals surface area (Å²) in [6.07, 6.45) is 2.15. The molecule has 0 radical (unpaired) electrons. The van der Waals surface area contributed by atoms with Crippen LogP contribution in [0.3, 0.4) is 0 Å². The lowest BCUT2D eigenvalue weighted by Crippen LogP contribution is -2.07. The van der Waals surface area contributed by atoms with Gasteiger partial charge in [0.05, 0.1) is 0 Å². The molecule has 1 heterocycles. The van der Waals surface area contributed by atoms with Crippen LogP contribution in [0.5, 0.6) is 0 Å². The Morgan fingerprint density at radius 1 is 1.04 bits per heavy atom. The van der Waals surface area contributed by atoms with E-state index in [-0.39, 0.29) is 5.63 Å². The lowest BCUT2D eigenvalue weighted by atomic mass is 10.1. The Morgan fingerprint density at radius 2 is 1.87 bits per heavy atom. The average molecular weight is 307 g/mol. The molecule has 3 nitrogen and oxygen atoms in total. The summed E-state index contributed by atoms with van der Waals surface area (Å²) in [5.41, 5.74) is 4.82. The Morgan fingerprint density at radius 3 is 2.70 bits per heavy atom. The quantitative estimate of drug-likeness (QED) is 0.697. The van der Waals surface area contributed by atoms with Gasteiger partial charge in [-0.05, 0) is 42.2 Å². The Kier molecular flexibility index (Phi) is 4.47. The number of hydrogen-bond donors (Lipinski definition) is 1. The number of hydrogen-bond acceptors (Lipinski definition) is 3. The first-order valence-corrected chi connectivity index (χ1v) is 8.02. The fourth-order valence-electron chi connectivity index (χ4n) is 2.85. The fraction of sp³-hybridized carbons (Fsp3) is 0.250. The predicted molar refractivity (Wildman–Crippen MR) is 95.0 cm³/mol. The topological polar surface area (TPSA) is 42.2 Å². The van der Waals surface area contributed by atoms with Crippen molar-refractivity contribution in [2.45, 2.75) is 33.2 Å². The Balaban J connectivity index is 1.92. The molecule has 0 fully saturated rings. The third-order valence-corrected chi connectivity index (χ3v) is 3.99. The molecule has 0 atom stereocenters. The van der Waals surface area contributed by atoms with E-state index in [4.69, 9.17) is 4.42 Å². The van der Waals surface area contributed by atoms with Crippen LogP contribution >= 0.6 is 0 Å². The van der Waals surface area contributed by atoms with Crippen molar-refractivity contribution in [3.8, 4) is 0 Å². The summed E-state index contributed by atoms with van der Waals surface area (Å²) >= 11 is 0. The molecule has 0 spiro atoms. The molecule has 118 valence electrons. The summed E-state index contributed by atoms with van der Waals surface area (Å²) in [6.45, 7) is 4.77. The van der Waals surface area contributed by atoms with E-state index in [9.17, 15) is 4.79 Å². The zero-order chi connectivity index (χ0) is 16.2. The zero-order valence-electron chi connectivity index (χ0n) is 13.6. The van der Waals surface area contributed by atoms with Crippen molar-refractivity contribution >= 4 is 16.7 Å². The smallest absolute Gasteiger partial charge is 0.336 e. The number of anilines is 1. The first kappa shape index (κ1) is 15.3. The number of fused-ring (bicyclic) bond motifs is 1. The number of para-hydroxylation sites is 1. The molecule has 3 rings (SSSR count). The molecule has 3 aromatic rings. The maximum atomic E-state index is 11.8. The fourth-order valence-corrected chi connectivity index (χ4v) is 2.85. The van der Waals surface area contributed by atoms with Crippen LogP contribution in [0.1, 0.15) is 30.0 Å². The van der Waals surface area contributed by atoms with Gasteiger partial charge >= 0.3 is 5.63 Å². The van der Waals surface area contributed by atoms with Gasteiger partial charge in [-0.25, -0.2) is 4.79 Å². The second-order valence-corrected chi connectivity index (χ2v) is 5.85. The SMILES string of the molecule is CCCc1ccccc1NCc1cc(=O)oc2cc(C)ccc12. The first-order valence-electron chi connectivity index (χ1n) is 8.02. The van der Waals surface area contributed by atoms with E-state index in [0.717, 1.165) is 35.0 Å². The number of rotatable bonds is 5. The monoisotopic (exact) mass is 307 g/mol. The van der Waals surface area contributed by atoms with Gasteiger partial charge in [0.1, 0.15) is 5.58 Å². The molecule has 0 saturated heterocycles. The second-order valence-electron chi connectivity index (χ2n) is 5.85. The van der Waals surface area contributed by atoms with Gasteiger partial charge < -0.3 is 9.73 Å². The highest BCUT2D eigenvalue weighted by atomic mass is 16.4. The third kappa shape index (κ3) is 3.45. The molecular formula is C20H21NO2. The van der Waals surface area contributed by atoms with E-state index >= 15 is 0 Å². The molecule has 1 aromatic heterocycles. The summed E-state index contributed by atoms with van der Waals surface area (Å²) in [5.74, 6) is 0. The van der Waals surface area contributed by atoms with Gasteiger partial charge in [-0.3, -0.25) is 0 Å². The Labute approximate surface area is 136 Å². The minimum atomic E-state index is -0.304. The summed E-state index contributed by atoms with van der Waals surface area (Å²) < 4.78 is 5.31. The molecular weight excluding hydrogens is 286 g/mol. The number of nitrogens with one attached hydrogen (secondary N) is 1. The highest BCUT2D eigenvalue weighted by Crippen LogP contribution is 2.21. The van der Waals surface area contributed by atoms with E-state index in [2.05, 4.69) is 30.4 Å². The van der Waals surface area contributed by atoms with E-state index < -0.39 is 0 Å². The molecule has 23 heavy (non-hydrogen) atoms. The van der Waals surface area contributed by atoms with Gasteiger partial charge in [-0.1, -0.05) is 43.7 Å². The maximum absolute atomic E-state index is 11.8. The van der Waals surface area contributed by atoms with Crippen LogP contribution in [0.25, 0.3) is 11.0 Å². The van der Waals surface area contributed by atoms with Crippen molar-refractivity contribution < 1.29 is 4.42 Å². The van der Waals surface area contributed by atoms with Crippen molar-refractivity contribution in [3.05, 3.63) is 75.6 Å². The van der Waals surface area contributed by atoms with Crippen LogP contribution in [0.15, 0.2) is 57.7 Å². The minimum absolute atomic E-state index is 0.304. The molecule has 0 unspecified atom stereocenters. The molecule has 0 aliphatic rings. The molecule has 0 aliphatic carbocycles. The molecule has 0 amide bonds. The highest BCUT2D eigenvalue weighted by molar-refractivity contribution is 5.81. The summed E-state index contributed by atoms with van der Waals surface area (Å²) in [6, 6.07) is 15.9. The minimum Gasteiger partial charge on any atom is -0.423 e. The van der Waals surface area contributed by atoms with Gasteiger partial charge in [-0.15, -0.1) is 0 Å². The van der Waals surface area contributed by atoms with Crippen molar-refractivity contribution in [1.82, 2.24) is 0 Å². The molecule has 0 bridgehead atoms. The van der Waals surface area contributed by atoms with Crippen molar-refractivity contribution in [3.63, 3.8) is 0 Å². The number of benzene rings is 2. The predicted octanol–water partition coefficient (Wildman–Crippen LogP) is 4.67. The van der Waals surface area contributed by atoms with Crippen LogP contribution in [-0.4, -0.2) is 0 Å². The lowest BCUT2D eigenvalue weighted by molar-refractivity contribution is 0.559. The summed E-state index contributed by atoms with van der Waals surface area (Å²) in [5, 5.41) is 4.45. The molecule has 0 aliphatic heterocycles.